The maximum Gasteiger partial charge on any atom is 0.119 e. The molecule has 32 heavy (non-hydrogen) atoms. The molecule has 2 aromatic heterocycles. The molecule has 1 aliphatic heterocycles. The molecule has 1 aliphatic rings. The van der Waals surface area contributed by atoms with Gasteiger partial charge in [-0.2, -0.15) is 0 Å². The van der Waals surface area contributed by atoms with Crippen molar-refractivity contribution in [2.24, 2.45) is 0 Å². The number of hydrogen-bond donors (Lipinski definition) is 0. The van der Waals surface area contributed by atoms with Crippen LogP contribution in [0.15, 0.2) is 79.0 Å². The molecule has 0 amide bonds. The van der Waals surface area contributed by atoms with Gasteiger partial charge in [0.05, 0.1) is 17.8 Å². The third kappa shape index (κ3) is 4.56. The fourth-order valence-electron chi connectivity index (χ4n) is 4.82. The third-order valence-electron chi connectivity index (χ3n) is 6.37. The first-order valence-electron chi connectivity index (χ1n) is 11.7. The quantitative estimate of drug-likeness (QED) is 0.342. The van der Waals surface area contributed by atoms with Crippen molar-refractivity contribution in [1.82, 2.24) is 14.3 Å². The predicted molar refractivity (Wildman–Crippen MR) is 130 cm³/mol. The average Bonchev–Trinajstić information content (AvgIpc) is 3.23. The van der Waals surface area contributed by atoms with E-state index in [4.69, 9.17) is 9.72 Å². The van der Waals surface area contributed by atoms with Crippen molar-refractivity contribution in [1.29, 1.82) is 0 Å². The molecule has 0 aliphatic carbocycles. The SMILES string of the molecule is Cc1cccc(-c2nc(C3CCCN(CCCOc4ccccc4)C3)n3ccccc23)c1. The van der Waals surface area contributed by atoms with Gasteiger partial charge in [0.15, 0.2) is 0 Å². The molecule has 1 atom stereocenters. The third-order valence-corrected chi connectivity index (χ3v) is 6.37. The minimum Gasteiger partial charge on any atom is -0.494 e. The van der Waals surface area contributed by atoms with Gasteiger partial charge >= 0.3 is 0 Å². The van der Waals surface area contributed by atoms with Gasteiger partial charge in [0, 0.05) is 30.8 Å². The summed E-state index contributed by atoms with van der Waals surface area (Å²) in [5.41, 5.74) is 4.76. The molecule has 1 unspecified atom stereocenters. The molecule has 0 saturated carbocycles. The molecular formula is C28H31N3O. The molecule has 0 N–H and O–H groups in total. The van der Waals surface area contributed by atoms with E-state index in [1.54, 1.807) is 0 Å². The molecule has 4 heteroatoms. The summed E-state index contributed by atoms with van der Waals surface area (Å²) >= 11 is 0. The number of aryl methyl sites for hydroxylation is 1. The first-order chi connectivity index (χ1) is 15.8. The van der Waals surface area contributed by atoms with Crippen LogP contribution in [-0.2, 0) is 0 Å². The molecular weight excluding hydrogens is 394 g/mol. The molecule has 1 fully saturated rings. The number of nitrogens with zero attached hydrogens (tertiary/aromatic N) is 3. The minimum absolute atomic E-state index is 0.451. The van der Waals surface area contributed by atoms with Crippen LogP contribution in [0.2, 0.25) is 0 Å². The monoisotopic (exact) mass is 425 g/mol. The number of likely N-dealkylation sites (tertiary alicyclic amines) is 1. The molecule has 4 nitrogen and oxygen atoms in total. The summed E-state index contributed by atoms with van der Waals surface area (Å²) in [4.78, 5) is 7.79. The zero-order valence-corrected chi connectivity index (χ0v) is 18.8. The molecule has 164 valence electrons. The number of rotatable bonds is 7. The highest BCUT2D eigenvalue weighted by Crippen LogP contribution is 2.32. The van der Waals surface area contributed by atoms with Crippen molar-refractivity contribution < 1.29 is 4.74 Å². The van der Waals surface area contributed by atoms with Crippen LogP contribution in [0, 0.1) is 6.92 Å². The lowest BCUT2D eigenvalue weighted by atomic mass is 9.97. The van der Waals surface area contributed by atoms with Crippen LogP contribution in [0.1, 0.15) is 36.6 Å². The van der Waals surface area contributed by atoms with Gasteiger partial charge in [0.25, 0.3) is 0 Å². The maximum absolute atomic E-state index is 5.89. The van der Waals surface area contributed by atoms with Crippen LogP contribution in [0.5, 0.6) is 5.75 Å². The zero-order chi connectivity index (χ0) is 21.8. The predicted octanol–water partition coefficient (Wildman–Crippen LogP) is 5.96. The molecule has 3 heterocycles. The van der Waals surface area contributed by atoms with Gasteiger partial charge in [0.1, 0.15) is 11.6 Å². The van der Waals surface area contributed by atoms with E-state index in [1.165, 1.54) is 35.3 Å². The number of pyridine rings is 1. The Balaban J connectivity index is 1.29. The van der Waals surface area contributed by atoms with Gasteiger partial charge < -0.3 is 14.0 Å². The number of ether oxygens (including phenoxy) is 1. The Labute approximate surface area is 190 Å². The highest BCUT2D eigenvalue weighted by molar-refractivity contribution is 5.78. The topological polar surface area (TPSA) is 29.8 Å². The minimum atomic E-state index is 0.451. The maximum atomic E-state index is 5.89. The molecule has 0 bridgehead atoms. The number of benzene rings is 2. The molecule has 0 radical (unpaired) electrons. The van der Waals surface area contributed by atoms with E-state index in [2.05, 4.69) is 64.9 Å². The summed E-state index contributed by atoms with van der Waals surface area (Å²) < 4.78 is 8.19. The number of fused-ring (bicyclic) bond motifs is 1. The lowest BCUT2D eigenvalue weighted by Crippen LogP contribution is -2.36. The first-order valence-corrected chi connectivity index (χ1v) is 11.7. The average molecular weight is 426 g/mol. The van der Waals surface area contributed by atoms with E-state index in [0.717, 1.165) is 44.1 Å². The lowest BCUT2D eigenvalue weighted by Gasteiger charge is -2.32. The molecule has 0 spiro atoms. The van der Waals surface area contributed by atoms with Crippen molar-refractivity contribution >= 4 is 5.52 Å². The van der Waals surface area contributed by atoms with Crippen LogP contribution in [0.3, 0.4) is 0 Å². The van der Waals surface area contributed by atoms with Gasteiger partial charge in [0.2, 0.25) is 0 Å². The molecule has 2 aromatic carbocycles. The standard InChI is InChI=1S/C28H31N3O/c1-22-10-7-11-23(20-22)27-26-15-5-6-18-31(26)28(29-27)24-12-8-16-30(21-24)17-9-19-32-25-13-3-2-4-14-25/h2-7,10-11,13-15,18,20,24H,8-9,12,16-17,19,21H2,1H3. The van der Waals surface area contributed by atoms with E-state index < -0.39 is 0 Å². The number of para-hydroxylation sites is 1. The Morgan fingerprint density at radius 1 is 1.00 bits per heavy atom. The Bertz CT molecular complexity index is 1170. The fraction of sp³-hybridized carbons (Fsp3) is 0.321. The second-order valence-corrected chi connectivity index (χ2v) is 8.80. The van der Waals surface area contributed by atoms with Gasteiger partial charge in [-0.05, 0) is 63.1 Å². The van der Waals surface area contributed by atoms with Crippen molar-refractivity contribution in [2.75, 3.05) is 26.2 Å². The fourth-order valence-corrected chi connectivity index (χ4v) is 4.82. The summed E-state index contributed by atoms with van der Waals surface area (Å²) in [5.74, 6) is 2.60. The Hall–Kier alpha value is -3.11. The Kier molecular flexibility index (Phi) is 6.22. The summed E-state index contributed by atoms with van der Waals surface area (Å²) in [6.45, 7) is 6.19. The second kappa shape index (κ2) is 9.58. The lowest BCUT2D eigenvalue weighted by molar-refractivity contribution is 0.186. The van der Waals surface area contributed by atoms with Crippen LogP contribution in [-0.4, -0.2) is 40.5 Å². The second-order valence-electron chi connectivity index (χ2n) is 8.80. The number of hydrogen-bond acceptors (Lipinski definition) is 3. The van der Waals surface area contributed by atoms with Gasteiger partial charge in [-0.15, -0.1) is 0 Å². The summed E-state index contributed by atoms with van der Waals surface area (Å²) in [6, 6.07) is 25.2. The number of aromatic nitrogens is 2. The Morgan fingerprint density at radius 2 is 1.88 bits per heavy atom. The zero-order valence-electron chi connectivity index (χ0n) is 18.8. The Morgan fingerprint density at radius 3 is 2.75 bits per heavy atom. The molecule has 5 rings (SSSR count). The van der Waals surface area contributed by atoms with Crippen molar-refractivity contribution in [3.8, 4) is 17.0 Å². The number of imidazole rings is 1. The summed E-state index contributed by atoms with van der Waals surface area (Å²) in [5, 5.41) is 0. The highest BCUT2D eigenvalue weighted by Gasteiger charge is 2.26. The van der Waals surface area contributed by atoms with Gasteiger partial charge in [-0.25, -0.2) is 4.98 Å². The first kappa shape index (κ1) is 20.8. The van der Waals surface area contributed by atoms with Crippen LogP contribution >= 0.6 is 0 Å². The van der Waals surface area contributed by atoms with E-state index in [0.29, 0.717) is 5.92 Å². The summed E-state index contributed by atoms with van der Waals surface area (Å²) in [6.07, 6.45) is 5.62. The van der Waals surface area contributed by atoms with Crippen LogP contribution in [0.4, 0.5) is 0 Å². The van der Waals surface area contributed by atoms with E-state index in [-0.39, 0.29) is 0 Å². The van der Waals surface area contributed by atoms with Gasteiger partial charge in [-0.3, -0.25) is 0 Å². The molecule has 4 aromatic rings. The van der Waals surface area contributed by atoms with E-state index in [1.807, 2.05) is 30.3 Å². The van der Waals surface area contributed by atoms with E-state index >= 15 is 0 Å². The number of piperidine rings is 1. The molecule has 1 saturated heterocycles. The van der Waals surface area contributed by atoms with Crippen molar-refractivity contribution in [3.63, 3.8) is 0 Å². The highest BCUT2D eigenvalue weighted by atomic mass is 16.5. The largest absolute Gasteiger partial charge is 0.494 e. The smallest absolute Gasteiger partial charge is 0.119 e. The summed E-state index contributed by atoms with van der Waals surface area (Å²) in [7, 11) is 0. The van der Waals surface area contributed by atoms with Crippen molar-refractivity contribution in [3.05, 3.63) is 90.4 Å². The van der Waals surface area contributed by atoms with Gasteiger partial charge in [-0.1, -0.05) is 48.0 Å². The van der Waals surface area contributed by atoms with Crippen LogP contribution in [0.25, 0.3) is 16.8 Å². The van der Waals surface area contributed by atoms with Crippen LogP contribution < -0.4 is 4.74 Å². The van der Waals surface area contributed by atoms with E-state index in [9.17, 15) is 0 Å². The normalized spacial score (nSPS) is 17.0. The van der Waals surface area contributed by atoms with Crippen molar-refractivity contribution in [2.45, 2.75) is 32.1 Å².